The number of aryl methyl sites for hydroxylation is 2. The minimum atomic E-state index is -0.00127. The molecule has 28 heavy (non-hydrogen) atoms. The van der Waals surface area contributed by atoms with E-state index in [0.29, 0.717) is 32.0 Å². The summed E-state index contributed by atoms with van der Waals surface area (Å²) in [6.07, 6.45) is 4.24. The smallest absolute Gasteiger partial charge is 0.345 e. The average molecular weight is 394 g/mol. The van der Waals surface area contributed by atoms with Gasteiger partial charge in [-0.15, -0.1) is 0 Å². The molecule has 0 unspecified atom stereocenters. The Bertz CT molecular complexity index is 704. The lowest BCUT2D eigenvalue weighted by molar-refractivity contribution is -0.130. The van der Waals surface area contributed by atoms with Crippen LogP contribution in [0, 0.1) is 0 Å². The van der Waals surface area contributed by atoms with Gasteiger partial charge in [0.05, 0.1) is 0 Å². The van der Waals surface area contributed by atoms with Crippen LogP contribution in [-0.2, 0) is 24.3 Å². The van der Waals surface area contributed by atoms with E-state index in [1.807, 2.05) is 25.7 Å². The molecule has 9 nitrogen and oxygen atoms in total. The van der Waals surface area contributed by atoms with Gasteiger partial charge in [0.1, 0.15) is 5.82 Å². The number of nitrogens with zero attached hydrogens (tertiary/aromatic N) is 5. The molecule has 2 rings (SSSR count). The van der Waals surface area contributed by atoms with E-state index in [4.69, 9.17) is 0 Å². The van der Waals surface area contributed by atoms with Crippen molar-refractivity contribution < 1.29 is 4.79 Å². The van der Waals surface area contributed by atoms with Crippen LogP contribution in [0.25, 0.3) is 0 Å². The molecule has 1 aromatic rings. The van der Waals surface area contributed by atoms with E-state index >= 15 is 0 Å². The van der Waals surface area contributed by atoms with Crippen LogP contribution in [0.2, 0.25) is 0 Å². The van der Waals surface area contributed by atoms with Crippen LogP contribution in [-0.4, -0.2) is 63.8 Å². The minimum absolute atomic E-state index is 0.00127. The molecule has 1 aliphatic heterocycles. The number of guanidine groups is 1. The zero-order chi connectivity index (χ0) is 20.4. The molecule has 0 aliphatic carbocycles. The van der Waals surface area contributed by atoms with E-state index in [-0.39, 0.29) is 11.6 Å². The summed E-state index contributed by atoms with van der Waals surface area (Å²) in [6, 6.07) is 0. The lowest BCUT2D eigenvalue weighted by Crippen LogP contribution is -2.40. The van der Waals surface area contributed by atoms with Gasteiger partial charge in [0.25, 0.3) is 0 Å². The normalized spacial score (nSPS) is 13.9. The second-order valence-corrected chi connectivity index (χ2v) is 6.89. The number of nitrogens with one attached hydrogen (secondary N) is 2. The van der Waals surface area contributed by atoms with Crippen LogP contribution in [0.15, 0.2) is 9.79 Å². The van der Waals surface area contributed by atoms with E-state index in [0.717, 1.165) is 57.7 Å². The Hall–Kier alpha value is -2.32. The third-order valence-electron chi connectivity index (χ3n) is 4.92. The Labute approximate surface area is 167 Å². The molecule has 9 heteroatoms. The number of aromatic nitrogens is 3. The van der Waals surface area contributed by atoms with Gasteiger partial charge in [-0.3, -0.25) is 14.4 Å². The summed E-state index contributed by atoms with van der Waals surface area (Å²) in [5.41, 5.74) is -0.00127. The van der Waals surface area contributed by atoms with Crippen molar-refractivity contribution in [2.45, 2.75) is 66.0 Å². The summed E-state index contributed by atoms with van der Waals surface area (Å²) < 4.78 is 3.37. The molecule has 0 atom stereocenters. The molecule has 0 spiro atoms. The van der Waals surface area contributed by atoms with Gasteiger partial charge in [0.15, 0.2) is 5.96 Å². The molecule has 0 fully saturated rings. The highest BCUT2D eigenvalue weighted by Crippen LogP contribution is 2.09. The van der Waals surface area contributed by atoms with Gasteiger partial charge in [0, 0.05) is 58.7 Å². The zero-order valence-corrected chi connectivity index (χ0v) is 17.5. The van der Waals surface area contributed by atoms with E-state index < -0.39 is 0 Å². The van der Waals surface area contributed by atoms with Crippen molar-refractivity contribution in [2.75, 3.05) is 32.7 Å². The van der Waals surface area contributed by atoms with Crippen molar-refractivity contribution in [1.29, 1.82) is 0 Å². The molecular weight excluding hydrogens is 358 g/mol. The summed E-state index contributed by atoms with van der Waals surface area (Å²) in [4.78, 5) is 30.8. The molecule has 0 saturated carbocycles. The number of amides is 1. The Kier molecular flexibility index (Phi) is 9.03. The Morgan fingerprint density at radius 1 is 1.21 bits per heavy atom. The highest BCUT2D eigenvalue weighted by Gasteiger charge is 2.16. The van der Waals surface area contributed by atoms with Crippen LogP contribution in [0.4, 0.5) is 0 Å². The summed E-state index contributed by atoms with van der Waals surface area (Å²) >= 11 is 0. The summed E-state index contributed by atoms with van der Waals surface area (Å²) in [5.74, 6) is 1.76. The number of hydrogen-bond acceptors (Lipinski definition) is 4. The van der Waals surface area contributed by atoms with E-state index in [2.05, 4.69) is 20.7 Å². The lowest BCUT2D eigenvalue weighted by Gasteiger charge is -2.19. The third-order valence-corrected chi connectivity index (χ3v) is 4.92. The van der Waals surface area contributed by atoms with E-state index in [9.17, 15) is 9.59 Å². The van der Waals surface area contributed by atoms with Crippen molar-refractivity contribution in [3.05, 3.63) is 16.3 Å². The van der Waals surface area contributed by atoms with Gasteiger partial charge in [-0.2, -0.15) is 5.10 Å². The van der Waals surface area contributed by atoms with E-state index in [1.54, 1.807) is 9.25 Å². The zero-order valence-electron chi connectivity index (χ0n) is 17.5. The largest absolute Gasteiger partial charge is 0.357 e. The standard InChI is InChI=1S/C19H35N7O2/c1-4-20-18(22-13-11-17(27)24(5-2)6-3)21-12-9-15-26-19(28)25-14-8-7-10-16(25)23-26/h4-15H2,1-3H3,(H2,20,21,22). The topological polar surface area (TPSA) is 96.5 Å². The van der Waals surface area contributed by atoms with Crippen LogP contribution in [0.1, 0.15) is 52.3 Å². The molecule has 0 radical (unpaired) electrons. The van der Waals surface area contributed by atoms with Crippen molar-refractivity contribution in [2.24, 2.45) is 4.99 Å². The molecule has 0 saturated heterocycles. The van der Waals surface area contributed by atoms with Crippen LogP contribution in [0.5, 0.6) is 0 Å². The van der Waals surface area contributed by atoms with Crippen molar-refractivity contribution >= 4 is 11.9 Å². The lowest BCUT2D eigenvalue weighted by atomic mass is 10.2. The summed E-state index contributed by atoms with van der Waals surface area (Å²) in [7, 11) is 0. The maximum Gasteiger partial charge on any atom is 0.345 e. The van der Waals surface area contributed by atoms with Crippen LogP contribution >= 0.6 is 0 Å². The third kappa shape index (κ3) is 6.10. The van der Waals surface area contributed by atoms with Crippen molar-refractivity contribution in [1.82, 2.24) is 29.9 Å². The fourth-order valence-electron chi connectivity index (χ4n) is 3.37. The highest BCUT2D eigenvalue weighted by molar-refractivity contribution is 5.81. The van der Waals surface area contributed by atoms with Gasteiger partial charge in [-0.25, -0.2) is 9.48 Å². The first-order chi connectivity index (χ1) is 13.6. The number of carbonyl (C=O) groups is 1. The Morgan fingerprint density at radius 2 is 2.00 bits per heavy atom. The van der Waals surface area contributed by atoms with Gasteiger partial charge < -0.3 is 15.5 Å². The number of aliphatic imine (C=N–C) groups is 1. The van der Waals surface area contributed by atoms with E-state index in [1.165, 1.54) is 0 Å². The first-order valence-electron chi connectivity index (χ1n) is 10.6. The molecule has 2 N–H and O–H groups in total. The Morgan fingerprint density at radius 3 is 2.68 bits per heavy atom. The monoisotopic (exact) mass is 393 g/mol. The second-order valence-electron chi connectivity index (χ2n) is 6.89. The highest BCUT2D eigenvalue weighted by atomic mass is 16.2. The summed E-state index contributed by atoms with van der Waals surface area (Å²) in [6.45, 7) is 10.7. The van der Waals surface area contributed by atoms with Crippen molar-refractivity contribution in [3.63, 3.8) is 0 Å². The Balaban J connectivity index is 1.78. The summed E-state index contributed by atoms with van der Waals surface area (Å²) in [5, 5.41) is 10.8. The van der Waals surface area contributed by atoms with Crippen LogP contribution < -0.4 is 16.3 Å². The predicted molar refractivity (Wildman–Crippen MR) is 111 cm³/mol. The fraction of sp³-hybridized carbons (Fsp3) is 0.789. The maximum atomic E-state index is 12.3. The number of hydrogen-bond donors (Lipinski definition) is 2. The molecule has 1 aliphatic rings. The average Bonchev–Trinajstić information content (AvgIpc) is 3.02. The molecule has 158 valence electrons. The molecule has 1 amide bonds. The number of carbonyl (C=O) groups excluding carboxylic acids is 1. The molecule has 1 aromatic heterocycles. The SMILES string of the molecule is CCNC(=NCCCn1nc2n(c1=O)CCCC2)NCCC(=O)N(CC)CC. The second kappa shape index (κ2) is 11.5. The molecule has 0 bridgehead atoms. The molecule has 0 aromatic carbocycles. The van der Waals surface area contributed by atoms with Gasteiger partial charge in [0.2, 0.25) is 5.91 Å². The molecular formula is C19H35N7O2. The van der Waals surface area contributed by atoms with Crippen molar-refractivity contribution in [3.8, 4) is 0 Å². The maximum absolute atomic E-state index is 12.3. The predicted octanol–water partition coefficient (Wildman–Crippen LogP) is 0.585. The first kappa shape index (κ1) is 22.0. The number of rotatable bonds is 10. The van der Waals surface area contributed by atoms with Gasteiger partial charge in [-0.1, -0.05) is 0 Å². The first-order valence-corrected chi connectivity index (χ1v) is 10.6. The fourth-order valence-corrected chi connectivity index (χ4v) is 3.37. The molecule has 2 heterocycles. The quantitative estimate of drug-likeness (QED) is 0.344. The van der Waals surface area contributed by atoms with Gasteiger partial charge in [-0.05, 0) is 40.0 Å². The van der Waals surface area contributed by atoms with Crippen LogP contribution in [0.3, 0.4) is 0 Å². The minimum Gasteiger partial charge on any atom is -0.357 e. The number of fused-ring (bicyclic) bond motifs is 1. The van der Waals surface area contributed by atoms with Gasteiger partial charge >= 0.3 is 5.69 Å².